The molecule has 4 atom stereocenters. The highest BCUT2D eigenvalue weighted by atomic mass is 16.5. The average Bonchev–Trinajstić information content (AvgIpc) is 3.83. The summed E-state index contributed by atoms with van der Waals surface area (Å²) in [4.78, 5) is 10.6. The van der Waals surface area contributed by atoms with Crippen LogP contribution in [-0.2, 0) is 12.8 Å². The van der Waals surface area contributed by atoms with Gasteiger partial charge in [0.1, 0.15) is 5.75 Å². The third-order valence-electron chi connectivity index (χ3n) is 11.4. The SMILES string of the molecule is COc1cc(-c2c(CCC#N)cc3c4c(c(OCCC5CCCN5C)nc3c2C)CCCN4C2C3CNC2C3)c2ccccc2c1. The second kappa shape index (κ2) is 12.1. The molecule has 1 aromatic heterocycles. The Morgan fingerprint density at radius 2 is 2.00 bits per heavy atom. The van der Waals surface area contributed by atoms with E-state index in [0.717, 1.165) is 71.6 Å². The van der Waals surface area contributed by atoms with Gasteiger partial charge in [-0.05, 0) is 123 Å². The highest BCUT2D eigenvalue weighted by Gasteiger charge is 2.51. The molecule has 7 nitrogen and oxygen atoms in total. The lowest BCUT2D eigenvalue weighted by Crippen LogP contribution is -2.56. The molecule has 238 valence electrons. The summed E-state index contributed by atoms with van der Waals surface area (Å²) >= 11 is 0. The zero-order valence-corrected chi connectivity index (χ0v) is 27.4. The standard InChI is InChI=1S/C39H45N5O2/c1-24-35(32-22-29(45-3)19-25-9-4-5-12-30(25)32)26(10-6-15-40)20-33-36(24)42-39(46-18-14-28-11-7-16-43(28)2)31-13-8-17-44(38(31)33)37-27-21-34(37)41-23-27/h4-5,9,12,19-20,22,27-28,34,37,41H,6-8,10-11,13-14,16-18,21,23H2,1-3H3. The van der Waals surface area contributed by atoms with Gasteiger partial charge < -0.3 is 24.6 Å². The number of aryl methyl sites for hydroxylation is 2. The first-order valence-corrected chi connectivity index (χ1v) is 17.3. The minimum absolute atomic E-state index is 0.465. The summed E-state index contributed by atoms with van der Waals surface area (Å²) in [5.41, 5.74) is 8.26. The lowest BCUT2D eigenvalue weighted by Gasteiger charge is -2.47. The number of pyridine rings is 1. The zero-order chi connectivity index (χ0) is 31.4. The number of methoxy groups -OCH3 is 1. The van der Waals surface area contributed by atoms with Gasteiger partial charge in [0.25, 0.3) is 0 Å². The molecule has 1 saturated carbocycles. The number of hydrogen-bond donors (Lipinski definition) is 1. The number of nitriles is 1. The fraction of sp³-hybridized carbons (Fsp3) is 0.487. The molecule has 4 aliphatic heterocycles. The molecule has 2 bridgehead atoms. The van der Waals surface area contributed by atoms with Gasteiger partial charge in [-0.1, -0.05) is 24.3 Å². The normalized spacial score (nSPS) is 23.8. The molecule has 0 spiro atoms. The Morgan fingerprint density at radius 3 is 2.76 bits per heavy atom. The van der Waals surface area contributed by atoms with Gasteiger partial charge in [0, 0.05) is 48.6 Å². The topological polar surface area (TPSA) is 73.7 Å². The molecule has 9 rings (SSSR count). The van der Waals surface area contributed by atoms with E-state index in [1.54, 1.807) is 7.11 Å². The molecule has 3 saturated heterocycles. The van der Waals surface area contributed by atoms with Crippen LogP contribution < -0.4 is 19.7 Å². The van der Waals surface area contributed by atoms with Crippen molar-refractivity contribution in [3.63, 3.8) is 0 Å². The first kappa shape index (κ1) is 29.5. The molecule has 1 N–H and O–H groups in total. The number of aromatic nitrogens is 1. The molecule has 46 heavy (non-hydrogen) atoms. The van der Waals surface area contributed by atoms with Crippen LogP contribution in [0.2, 0.25) is 0 Å². The lowest BCUT2D eigenvalue weighted by atomic mass is 9.77. The van der Waals surface area contributed by atoms with Gasteiger partial charge in [0.15, 0.2) is 0 Å². The number of fused-ring (bicyclic) bond motifs is 5. The largest absolute Gasteiger partial charge is 0.497 e. The van der Waals surface area contributed by atoms with Gasteiger partial charge in [-0.15, -0.1) is 0 Å². The van der Waals surface area contributed by atoms with E-state index in [1.165, 1.54) is 53.4 Å². The fourth-order valence-corrected chi connectivity index (χ4v) is 9.07. The van der Waals surface area contributed by atoms with E-state index in [2.05, 4.69) is 77.6 Å². The Balaban J connectivity index is 1.33. The van der Waals surface area contributed by atoms with Crippen LogP contribution in [0.25, 0.3) is 32.8 Å². The van der Waals surface area contributed by atoms with Gasteiger partial charge >= 0.3 is 0 Å². The first-order chi connectivity index (χ1) is 22.6. The summed E-state index contributed by atoms with van der Waals surface area (Å²) in [6, 6.07) is 19.2. The Kier molecular flexibility index (Phi) is 7.74. The summed E-state index contributed by atoms with van der Waals surface area (Å²) in [5.74, 6) is 2.35. The Bertz CT molecular complexity index is 1830. The monoisotopic (exact) mass is 615 g/mol. The van der Waals surface area contributed by atoms with Gasteiger partial charge in [-0.25, -0.2) is 4.98 Å². The Labute approximate surface area is 272 Å². The number of likely N-dealkylation sites (tertiary alicyclic amines) is 1. The van der Waals surface area contributed by atoms with Crippen molar-refractivity contribution >= 4 is 27.4 Å². The maximum atomic E-state index is 9.73. The van der Waals surface area contributed by atoms with Gasteiger partial charge in [0.05, 0.1) is 31.0 Å². The molecule has 4 fully saturated rings. The minimum Gasteiger partial charge on any atom is -0.497 e. The first-order valence-electron chi connectivity index (χ1n) is 17.3. The van der Waals surface area contributed by atoms with Crippen LogP contribution in [0.3, 0.4) is 0 Å². The van der Waals surface area contributed by atoms with Crippen LogP contribution in [0.4, 0.5) is 5.69 Å². The van der Waals surface area contributed by atoms with Crippen molar-refractivity contribution in [3.8, 4) is 28.8 Å². The lowest BCUT2D eigenvalue weighted by molar-refractivity contribution is 0.227. The zero-order valence-electron chi connectivity index (χ0n) is 27.4. The van der Waals surface area contributed by atoms with E-state index < -0.39 is 0 Å². The van der Waals surface area contributed by atoms with Crippen LogP contribution in [-0.4, -0.2) is 68.4 Å². The van der Waals surface area contributed by atoms with Crippen LogP contribution in [0.5, 0.6) is 11.6 Å². The predicted molar refractivity (Wildman–Crippen MR) is 185 cm³/mol. The average molecular weight is 616 g/mol. The molecular weight excluding hydrogens is 570 g/mol. The number of nitrogens with one attached hydrogen (secondary N) is 1. The quantitative estimate of drug-likeness (QED) is 0.222. The molecule has 4 unspecified atom stereocenters. The number of nitrogens with zero attached hydrogens (tertiary/aromatic N) is 4. The summed E-state index contributed by atoms with van der Waals surface area (Å²) in [6.07, 6.45) is 8.07. The summed E-state index contributed by atoms with van der Waals surface area (Å²) < 4.78 is 12.5. The van der Waals surface area contributed by atoms with Crippen LogP contribution in [0.15, 0.2) is 42.5 Å². The van der Waals surface area contributed by atoms with Gasteiger partial charge in [-0.2, -0.15) is 5.26 Å². The maximum Gasteiger partial charge on any atom is 0.219 e. The molecule has 5 heterocycles. The molecule has 1 aliphatic carbocycles. The Hall–Kier alpha value is -3.86. The van der Waals surface area contributed by atoms with Crippen molar-refractivity contribution in [1.82, 2.24) is 15.2 Å². The van der Waals surface area contributed by atoms with E-state index in [1.807, 2.05) is 0 Å². The molecule has 0 radical (unpaired) electrons. The molecule has 0 amide bonds. The maximum absolute atomic E-state index is 9.73. The van der Waals surface area contributed by atoms with Crippen LogP contribution >= 0.6 is 0 Å². The summed E-state index contributed by atoms with van der Waals surface area (Å²) in [6.45, 7) is 6.26. The predicted octanol–water partition coefficient (Wildman–Crippen LogP) is 6.80. The highest BCUT2D eigenvalue weighted by molar-refractivity contribution is 6.05. The molecule has 4 aromatic rings. The van der Waals surface area contributed by atoms with Gasteiger partial charge in [-0.3, -0.25) is 0 Å². The summed E-state index contributed by atoms with van der Waals surface area (Å²) in [5, 5.41) is 17.0. The molecule has 3 aromatic carbocycles. The third-order valence-corrected chi connectivity index (χ3v) is 11.4. The van der Waals surface area contributed by atoms with Crippen LogP contribution in [0.1, 0.15) is 55.2 Å². The fourth-order valence-electron chi connectivity index (χ4n) is 9.07. The number of rotatable bonds is 9. The second-order valence-corrected chi connectivity index (χ2v) is 13.9. The van der Waals surface area contributed by atoms with E-state index in [4.69, 9.17) is 14.5 Å². The third kappa shape index (κ3) is 4.89. The highest BCUT2D eigenvalue weighted by Crippen LogP contribution is 2.49. The Morgan fingerprint density at radius 1 is 1.11 bits per heavy atom. The van der Waals surface area contributed by atoms with Crippen molar-refractivity contribution < 1.29 is 9.47 Å². The van der Waals surface area contributed by atoms with E-state index in [0.29, 0.717) is 43.5 Å². The van der Waals surface area contributed by atoms with E-state index in [-0.39, 0.29) is 0 Å². The molecular formula is C39H45N5O2. The van der Waals surface area contributed by atoms with Gasteiger partial charge in [0.2, 0.25) is 5.88 Å². The number of ether oxygens (including phenoxy) is 2. The smallest absolute Gasteiger partial charge is 0.219 e. The summed E-state index contributed by atoms with van der Waals surface area (Å²) in [7, 11) is 3.97. The molecule has 7 heteroatoms. The number of benzene rings is 3. The van der Waals surface area contributed by atoms with E-state index in [9.17, 15) is 5.26 Å². The number of anilines is 1. The van der Waals surface area contributed by atoms with Crippen molar-refractivity contribution in [3.05, 3.63) is 59.2 Å². The van der Waals surface area contributed by atoms with E-state index >= 15 is 0 Å². The number of hydrogen-bond acceptors (Lipinski definition) is 7. The molecule has 5 aliphatic rings. The minimum atomic E-state index is 0.465. The van der Waals surface area contributed by atoms with Crippen molar-refractivity contribution in [2.45, 2.75) is 76.4 Å². The van der Waals surface area contributed by atoms with Crippen molar-refractivity contribution in [2.75, 3.05) is 45.3 Å². The van der Waals surface area contributed by atoms with Crippen molar-refractivity contribution in [2.24, 2.45) is 5.92 Å². The van der Waals surface area contributed by atoms with Crippen molar-refractivity contribution in [1.29, 1.82) is 5.26 Å². The van der Waals surface area contributed by atoms with Crippen LogP contribution in [0, 0.1) is 24.2 Å². The second-order valence-electron chi connectivity index (χ2n) is 13.9.